The zero-order valence-corrected chi connectivity index (χ0v) is 18.7. The maximum absolute atomic E-state index is 10.4. The van der Waals surface area contributed by atoms with Crippen LogP contribution in [-0.2, 0) is 4.79 Å². The Hall–Kier alpha value is -0.910. The van der Waals surface area contributed by atoms with Crippen LogP contribution in [0, 0.1) is 11.3 Å². The van der Waals surface area contributed by atoms with Crippen LogP contribution in [0.2, 0.25) is 0 Å². The molecule has 29 heavy (non-hydrogen) atoms. The monoisotopic (exact) mass is 414 g/mol. The molecule has 0 bridgehead atoms. The molecule has 0 heterocycles. The summed E-state index contributed by atoms with van der Waals surface area (Å²) in [4.78, 5) is 10.4. The highest BCUT2D eigenvalue weighted by molar-refractivity contribution is 5.66. The van der Waals surface area contributed by atoms with Crippen molar-refractivity contribution in [1.29, 1.82) is 0 Å². The van der Waals surface area contributed by atoms with E-state index in [4.69, 9.17) is 5.11 Å². The highest BCUT2D eigenvalue weighted by atomic mass is 16.4. The maximum Gasteiger partial charge on any atom is 0.303 e. The van der Waals surface area contributed by atoms with E-state index in [1.54, 1.807) is 0 Å². The second kappa shape index (κ2) is 19.1. The molecule has 1 unspecified atom stereocenters. The van der Waals surface area contributed by atoms with E-state index in [1.807, 2.05) is 0 Å². The zero-order valence-electron chi connectivity index (χ0n) is 18.7. The lowest BCUT2D eigenvalue weighted by molar-refractivity contribution is -0.137. The summed E-state index contributed by atoms with van der Waals surface area (Å²) < 4.78 is 0. The minimum atomic E-state index is -0.731. The number of hydrogen-bond donors (Lipinski definition) is 4. The van der Waals surface area contributed by atoms with Crippen LogP contribution in [0.1, 0.15) is 103 Å². The molecule has 0 aliphatic rings. The Labute approximate surface area is 178 Å². The number of carbonyl (C=O) groups is 1. The van der Waals surface area contributed by atoms with E-state index in [1.165, 1.54) is 38.5 Å². The van der Waals surface area contributed by atoms with Crippen LogP contribution in [0.15, 0.2) is 12.2 Å². The fraction of sp³-hybridized carbons (Fsp3) is 0.875. The van der Waals surface area contributed by atoms with E-state index in [0.717, 1.165) is 44.9 Å². The number of rotatable bonds is 21. The van der Waals surface area contributed by atoms with Gasteiger partial charge in [0.1, 0.15) is 0 Å². The lowest BCUT2D eigenvalue weighted by Crippen LogP contribution is -2.34. The molecule has 0 radical (unpaired) electrons. The molecule has 0 aliphatic heterocycles. The number of carboxylic acids is 1. The predicted molar refractivity (Wildman–Crippen MR) is 119 cm³/mol. The first-order valence-corrected chi connectivity index (χ1v) is 11.7. The van der Waals surface area contributed by atoms with Crippen molar-refractivity contribution in [3.63, 3.8) is 0 Å². The fourth-order valence-corrected chi connectivity index (χ4v) is 3.74. The third-order valence-electron chi connectivity index (χ3n) is 5.95. The Kier molecular flexibility index (Phi) is 18.5. The van der Waals surface area contributed by atoms with Crippen LogP contribution >= 0.6 is 0 Å². The van der Waals surface area contributed by atoms with Crippen LogP contribution in [0.4, 0.5) is 0 Å². The standard InChI is InChI=1S/C24H46O5/c1-2-14-22(17-18-24(19-25,20-26)21-27)15-12-10-8-6-4-3-5-7-9-11-13-16-23(28)29/h4,6,22,25-27H,2-3,5,7-21H2,1H3,(H,28,29)/b6-4-. The molecule has 0 saturated heterocycles. The third kappa shape index (κ3) is 15.6. The first kappa shape index (κ1) is 28.1. The fourth-order valence-electron chi connectivity index (χ4n) is 3.74. The van der Waals surface area contributed by atoms with E-state index >= 15 is 0 Å². The summed E-state index contributed by atoms with van der Waals surface area (Å²) in [7, 11) is 0. The van der Waals surface area contributed by atoms with Crippen molar-refractivity contribution in [2.24, 2.45) is 11.3 Å². The van der Waals surface area contributed by atoms with Crippen molar-refractivity contribution < 1.29 is 25.2 Å². The van der Waals surface area contributed by atoms with Gasteiger partial charge in [0, 0.05) is 11.8 Å². The Morgan fingerprint density at radius 1 is 0.793 bits per heavy atom. The number of allylic oxidation sites excluding steroid dienone is 2. The molecule has 1 atom stereocenters. The molecule has 0 rings (SSSR count). The lowest BCUT2D eigenvalue weighted by atomic mass is 9.81. The van der Waals surface area contributed by atoms with Crippen LogP contribution in [0.25, 0.3) is 0 Å². The highest BCUT2D eigenvalue weighted by Crippen LogP contribution is 2.29. The normalized spacial score (nSPS) is 13.2. The van der Waals surface area contributed by atoms with Crippen LogP contribution in [0.5, 0.6) is 0 Å². The molecule has 0 spiro atoms. The summed E-state index contributed by atoms with van der Waals surface area (Å²) in [6.07, 6.45) is 19.9. The van der Waals surface area contributed by atoms with Gasteiger partial charge in [-0.1, -0.05) is 64.0 Å². The van der Waals surface area contributed by atoms with Gasteiger partial charge in [-0.2, -0.15) is 0 Å². The van der Waals surface area contributed by atoms with Gasteiger partial charge in [0.25, 0.3) is 0 Å². The van der Waals surface area contributed by atoms with Gasteiger partial charge >= 0.3 is 5.97 Å². The van der Waals surface area contributed by atoms with Crippen molar-refractivity contribution >= 4 is 5.97 Å². The summed E-state index contributed by atoms with van der Waals surface area (Å²) in [6.45, 7) is 1.71. The van der Waals surface area contributed by atoms with Gasteiger partial charge in [-0.3, -0.25) is 4.79 Å². The van der Waals surface area contributed by atoms with Gasteiger partial charge in [-0.25, -0.2) is 0 Å². The molecule has 5 nitrogen and oxygen atoms in total. The zero-order chi connectivity index (χ0) is 21.8. The van der Waals surface area contributed by atoms with Crippen molar-refractivity contribution in [3.05, 3.63) is 12.2 Å². The molecule has 0 aromatic rings. The maximum atomic E-state index is 10.4. The van der Waals surface area contributed by atoms with E-state index in [0.29, 0.717) is 18.8 Å². The molecule has 0 fully saturated rings. The lowest BCUT2D eigenvalue weighted by Gasteiger charge is -2.29. The molecule has 0 aliphatic carbocycles. The molecule has 0 saturated carbocycles. The topological polar surface area (TPSA) is 98.0 Å². The summed E-state index contributed by atoms with van der Waals surface area (Å²) in [6, 6.07) is 0. The van der Waals surface area contributed by atoms with Crippen molar-refractivity contribution in [2.75, 3.05) is 19.8 Å². The largest absolute Gasteiger partial charge is 0.481 e. The quantitative estimate of drug-likeness (QED) is 0.155. The summed E-state index contributed by atoms with van der Waals surface area (Å²) >= 11 is 0. The molecule has 5 heteroatoms. The van der Waals surface area contributed by atoms with Gasteiger partial charge in [0.15, 0.2) is 0 Å². The average Bonchev–Trinajstić information content (AvgIpc) is 2.72. The number of aliphatic hydroxyl groups excluding tert-OH is 3. The van der Waals surface area contributed by atoms with E-state index < -0.39 is 11.4 Å². The Bertz CT molecular complexity index is 396. The number of carboxylic acid groups (broad SMARTS) is 1. The van der Waals surface area contributed by atoms with Crippen molar-refractivity contribution in [2.45, 2.75) is 103 Å². The predicted octanol–water partition coefficient (Wildman–Crippen LogP) is 5.08. The van der Waals surface area contributed by atoms with E-state index in [9.17, 15) is 20.1 Å². The van der Waals surface area contributed by atoms with Gasteiger partial charge < -0.3 is 20.4 Å². The van der Waals surface area contributed by atoms with Crippen molar-refractivity contribution in [3.8, 4) is 0 Å². The highest BCUT2D eigenvalue weighted by Gasteiger charge is 2.28. The molecule has 0 aromatic heterocycles. The Morgan fingerprint density at radius 3 is 1.90 bits per heavy atom. The van der Waals surface area contributed by atoms with E-state index in [2.05, 4.69) is 19.1 Å². The van der Waals surface area contributed by atoms with E-state index in [-0.39, 0.29) is 19.8 Å². The van der Waals surface area contributed by atoms with Gasteiger partial charge in [0.2, 0.25) is 0 Å². The van der Waals surface area contributed by atoms with Gasteiger partial charge in [0.05, 0.1) is 19.8 Å². The Morgan fingerprint density at radius 2 is 1.34 bits per heavy atom. The third-order valence-corrected chi connectivity index (χ3v) is 5.95. The van der Waals surface area contributed by atoms with Crippen LogP contribution in [-0.4, -0.2) is 46.2 Å². The number of aliphatic hydroxyl groups is 3. The van der Waals surface area contributed by atoms with Gasteiger partial charge in [-0.15, -0.1) is 0 Å². The number of hydrogen-bond acceptors (Lipinski definition) is 4. The minimum absolute atomic E-state index is 0.161. The molecular weight excluding hydrogens is 368 g/mol. The number of unbranched alkanes of at least 4 members (excludes halogenated alkanes) is 7. The van der Waals surface area contributed by atoms with Crippen molar-refractivity contribution in [1.82, 2.24) is 0 Å². The molecule has 0 amide bonds. The first-order chi connectivity index (χ1) is 14.0. The molecular formula is C24H46O5. The molecule has 172 valence electrons. The second-order valence-electron chi connectivity index (χ2n) is 8.62. The molecule has 4 N–H and O–H groups in total. The average molecular weight is 415 g/mol. The smallest absolute Gasteiger partial charge is 0.303 e. The summed E-state index contributed by atoms with van der Waals surface area (Å²) in [5, 5.41) is 37.0. The summed E-state index contributed by atoms with van der Waals surface area (Å²) in [5.41, 5.74) is -0.731. The number of aliphatic carboxylic acids is 1. The minimum Gasteiger partial charge on any atom is -0.481 e. The van der Waals surface area contributed by atoms with Gasteiger partial charge in [-0.05, 0) is 50.9 Å². The Balaban J connectivity index is 3.77. The second-order valence-corrected chi connectivity index (χ2v) is 8.62. The van der Waals surface area contributed by atoms with Crippen LogP contribution < -0.4 is 0 Å². The first-order valence-electron chi connectivity index (χ1n) is 11.7. The summed E-state index contributed by atoms with van der Waals surface area (Å²) in [5.74, 6) is -0.0864. The molecule has 0 aromatic carbocycles. The SMILES string of the molecule is CCCC(CCCC/C=C\CCCCCCCC(=O)O)CCC(CO)(CO)CO. The van der Waals surface area contributed by atoms with Crippen LogP contribution in [0.3, 0.4) is 0 Å².